The molecule has 0 heterocycles. The number of carbonyl (C=O) groups is 1. The first-order valence-corrected chi connectivity index (χ1v) is 7.96. The van der Waals surface area contributed by atoms with Gasteiger partial charge in [0.1, 0.15) is 6.61 Å². The van der Waals surface area contributed by atoms with Crippen molar-refractivity contribution in [2.45, 2.75) is 13.0 Å². The van der Waals surface area contributed by atoms with Crippen LogP contribution >= 0.6 is 0 Å². The summed E-state index contributed by atoms with van der Waals surface area (Å²) in [5.74, 6) is -0.206. The van der Waals surface area contributed by atoms with Crippen LogP contribution in [0, 0.1) is 5.82 Å². The molecule has 24 heavy (non-hydrogen) atoms. The topological polar surface area (TPSA) is 41.6 Å². The quantitative estimate of drug-likeness (QED) is 0.809. The van der Waals surface area contributed by atoms with Crippen molar-refractivity contribution in [3.8, 4) is 5.75 Å². The lowest BCUT2D eigenvalue weighted by Crippen LogP contribution is -2.38. The van der Waals surface area contributed by atoms with Crippen molar-refractivity contribution in [2.75, 3.05) is 26.7 Å². The first-order chi connectivity index (χ1) is 11.6. The fourth-order valence-corrected chi connectivity index (χ4v) is 2.31. The van der Waals surface area contributed by atoms with Gasteiger partial charge in [-0.2, -0.15) is 0 Å². The van der Waals surface area contributed by atoms with E-state index < -0.39 is 0 Å². The van der Waals surface area contributed by atoms with Crippen LogP contribution in [0.2, 0.25) is 0 Å². The standard InChI is InChI=1S/C19H23FN2O2/c1-15(16-8-4-3-5-9-16)21-19(23)14-22(2)12-13-24-18-11-7-6-10-17(18)20/h3-11,15H,12-14H2,1-2H3,(H,21,23)/t15-/m0/s1. The normalized spacial score (nSPS) is 12.0. The fraction of sp³-hybridized carbons (Fsp3) is 0.316. The van der Waals surface area contributed by atoms with Crippen molar-refractivity contribution in [1.29, 1.82) is 0 Å². The van der Waals surface area contributed by atoms with Crippen LogP contribution in [-0.4, -0.2) is 37.6 Å². The maximum atomic E-state index is 13.4. The summed E-state index contributed by atoms with van der Waals surface area (Å²) in [7, 11) is 1.83. The van der Waals surface area contributed by atoms with Crippen LogP contribution in [0.1, 0.15) is 18.5 Å². The number of hydrogen-bond acceptors (Lipinski definition) is 3. The second-order valence-electron chi connectivity index (χ2n) is 5.72. The molecule has 0 aliphatic carbocycles. The minimum atomic E-state index is -0.380. The largest absolute Gasteiger partial charge is 0.489 e. The third-order valence-electron chi connectivity index (χ3n) is 3.66. The summed E-state index contributed by atoms with van der Waals surface area (Å²) in [4.78, 5) is 13.9. The van der Waals surface area contributed by atoms with Crippen LogP contribution in [0.25, 0.3) is 0 Å². The Balaban J connectivity index is 1.71. The van der Waals surface area contributed by atoms with Crippen molar-refractivity contribution >= 4 is 5.91 Å². The maximum absolute atomic E-state index is 13.4. The lowest BCUT2D eigenvalue weighted by Gasteiger charge is -2.19. The Bertz CT molecular complexity index is 649. The number of nitrogens with zero attached hydrogens (tertiary/aromatic N) is 1. The minimum absolute atomic E-state index is 0.0400. The molecule has 2 aromatic rings. The molecule has 1 atom stereocenters. The smallest absolute Gasteiger partial charge is 0.234 e. The molecule has 1 N–H and O–H groups in total. The molecular weight excluding hydrogens is 307 g/mol. The number of nitrogens with one attached hydrogen (secondary N) is 1. The molecule has 0 fully saturated rings. The van der Waals surface area contributed by atoms with E-state index in [0.717, 1.165) is 5.56 Å². The summed E-state index contributed by atoms with van der Waals surface area (Å²) in [5.41, 5.74) is 1.07. The van der Waals surface area contributed by atoms with Gasteiger partial charge in [-0.1, -0.05) is 42.5 Å². The van der Waals surface area contributed by atoms with Gasteiger partial charge in [-0.25, -0.2) is 4.39 Å². The molecule has 0 aliphatic rings. The number of ether oxygens (including phenoxy) is 1. The second-order valence-corrected chi connectivity index (χ2v) is 5.72. The van der Waals surface area contributed by atoms with Crippen LogP contribution < -0.4 is 10.1 Å². The molecule has 4 nitrogen and oxygen atoms in total. The van der Waals surface area contributed by atoms with Gasteiger partial charge in [-0.05, 0) is 31.7 Å². The van der Waals surface area contributed by atoms with Crippen molar-refractivity contribution in [1.82, 2.24) is 10.2 Å². The molecule has 0 radical (unpaired) electrons. The summed E-state index contributed by atoms with van der Waals surface area (Å²) in [5, 5.41) is 2.96. The number of amides is 1. The molecule has 2 aromatic carbocycles. The maximum Gasteiger partial charge on any atom is 0.234 e. The van der Waals surface area contributed by atoms with E-state index in [1.807, 2.05) is 49.2 Å². The van der Waals surface area contributed by atoms with E-state index in [1.165, 1.54) is 6.07 Å². The van der Waals surface area contributed by atoms with E-state index >= 15 is 0 Å². The van der Waals surface area contributed by atoms with Gasteiger partial charge in [0.15, 0.2) is 11.6 Å². The van der Waals surface area contributed by atoms with Gasteiger partial charge in [0, 0.05) is 6.54 Å². The molecule has 0 aliphatic heterocycles. The second kappa shape index (κ2) is 9.03. The number of rotatable bonds is 8. The molecular formula is C19H23FN2O2. The Labute approximate surface area is 142 Å². The number of likely N-dealkylation sites (N-methyl/N-ethyl adjacent to an activating group) is 1. The van der Waals surface area contributed by atoms with E-state index in [4.69, 9.17) is 4.74 Å². The molecule has 1 amide bonds. The zero-order valence-corrected chi connectivity index (χ0v) is 14.0. The summed E-state index contributed by atoms with van der Waals surface area (Å²) in [6.45, 7) is 3.06. The molecule has 0 saturated heterocycles. The number of para-hydroxylation sites is 1. The van der Waals surface area contributed by atoms with Crippen LogP contribution in [0.4, 0.5) is 4.39 Å². The highest BCUT2D eigenvalue weighted by Gasteiger charge is 2.11. The van der Waals surface area contributed by atoms with E-state index in [2.05, 4.69) is 5.32 Å². The van der Waals surface area contributed by atoms with E-state index in [1.54, 1.807) is 18.2 Å². The first kappa shape index (κ1) is 17.9. The molecule has 2 rings (SSSR count). The van der Waals surface area contributed by atoms with Gasteiger partial charge in [0.25, 0.3) is 0 Å². The monoisotopic (exact) mass is 330 g/mol. The highest BCUT2D eigenvalue weighted by molar-refractivity contribution is 5.78. The van der Waals surface area contributed by atoms with Gasteiger partial charge < -0.3 is 10.1 Å². The summed E-state index contributed by atoms with van der Waals surface area (Å²) in [6.07, 6.45) is 0. The number of benzene rings is 2. The van der Waals surface area contributed by atoms with Crippen molar-refractivity contribution < 1.29 is 13.9 Å². The average Bonchev–Trinajstić information content (AvgIpc) is 2.57. The van der Waals surface area contributed by atoms with E-state index in [0.29, 0.717) is 13.2 Å². The molecule has 128 valence electrons. The van der Waals surface area contributed by atoms with Crippen LogP contribution in [0.15, 0.2) is 54.6 Å². The van der Waals surface area contributed by atoms with Gasteiger partial charge >= 0.3 is 0 Å². The fourth-order valence-electron chi connectivity index (χ4n) is 2.31. The molecule has 5 heteroatoms. The molecule has 0 aromatic heterocycles. The Morgan fingerprint density at radius 1 is 1.17 bits per heavy atom. The Morgan fingerprint density at radius 2 is 1.83 bits per heavy atom. The van der Waals surface area contributed by atoms with E-state index in [9.17, 15) is 9.18 Å². The zero-order valence-electron chi connectivity index (χ0n) is 14.0. The number of hydrogen-bond donors (Lipinski definition) is 1. The Hall–Kier alpha value is -2.40. The highest BCUT2D eigenvalue weighted by Crippen LogP contribution is 2.15. The van der Waals surface area contributed by atoms with Crippen LogP contribution in [-0.2, 0) is 4.79 Å². The summed E-state index contributed by atoms with van der Waals surface area (Å²) >= 11 is 0. The van der Waals surface area contributed by atoms with Crippen molar-refractivity contribution in [3.63, 3.8) is 0 Å². The summed E-state index contributed by atoms with van der Waals surface area (Å²) < 4.78 is 18.8. The third-order valence-corrected chi connectivity index (χ3v) is 3.66. The van der Waals surface area contributed by atoms with Gasteiger partial charge in [0.2, 0.25) is 5.91 Å². The van der Waals surface area contributed by atoms with Crippen molar-refractivity contribution in [3.05, 3.63) is 66.0 Å². The highest BCUT2D eigenvalue weighted by atomic mass is 19.1. The molecule has 0 spiro atoms. The van der Waals surface area contributed by atoms with Crippen molar-refractivity contribution in [2.24, 2.45) is 0 Å². The SMILES string of the molecule is C[C@H](NC(=O)CN(C)CCOc1ccccc1F)c1ccccc1. The predicted molar refractivity (Wildman–Crippen MR) is 92.4 cm³/mol. The molecule has 0 unspecified atom stereocenters. The molecule has 0 saturated carbocycles. The first-order valence-electron chi connectivity index (χ1n) is 7.96. The number of carbonyl (C=O) groups excluding carboxylic acids is 1. The van der Waals surface area contributed by atoms with Crippen LogP contribution in [0.3, 0.4) is 0 Å². The zero-order chi connectivity index (χ0) is 17.4. The summed E-state index contributed by atoms with van der Waals surface area (Å²) in [6, 6.07) is 16.1. The van der Waals surface area contributed by atoms with E-state index in [-0.39, 0.29) is 30.1 Å². The third kappa shape index (κ3) is 5.66. The van der Waals surface area contributed by atoms with Gasteiger partial charge in [-0.3, -0.25) is 9.69 Å². The Morgan fingerprint density at radius 3 is 2.54 bits per heavy atom. The number of halogens is 1. The van der Waals surface area contributed by atoms with Crippen LogP contribution in [0.5, 0.6) is 5.75 Å². The average molecular weight is 330 g/mol. The lowest BCUT2D eigenvalue weighted by molar-refractivity contribution is -0.122. The minimum Gasteiger partial charge on any atom is -0.489 e. The van der Waals surface area contributed by atoms with Gasteiger partial charge in [-0.15, -0.1) is 0 Å². The lowest BCUT2D eigenvalue weighted by atomic mass is 10.1. The predicted octanol–water partition coefficient (Wildman–Crippen LogP) is 3.01. The Kier molecular flexibility index (Phi) is 6.75. The van der Waals surface area contributed by atoms with Gasteiger partial charge in [0.05, 0.1) is 12.6 Å². The molecule has 0 bridgehead atoms.